The van der Waals surface area contributed by atoms with Crippen molar-refractivity contribution >= 4 is 6.09 Å². The molecule has 2 N–H and O–H groups in total. The van der Waals surface area contributed by atoms with E-state index in [1.54, 1.807) is 20.8 Å². The Labute approximate surface area is 170 Å². The maximum atomic E-state index is 12.5. The third-order valence-corrected chi connectivity index (χ3v) is 3.38. The maximum absolute atomic E-state index is 12.5. The fraction of sp³-hybridized carbons (Fsp3) is 0.667. The molecule has 1 rings (SSSR count). The molecule has 5 heteroatoms. The molecule has 2 atom stereocenters. The van der Waals surface area contributed by atoms with Crippen molar-refractivity contribution < 1.29 is 31.7 Å². The molecule has 0 aliphatic heterocycles. The second-order valence-corrected chi connectivity index (χ2v) is 7.21. The SMILES string of the molecule is [2H]C([2H])([2H])[C@H](CCC)COc1ccc([C@@H](NC(=O)OC(C)(C)C)C(O)(C([2H])([2H])[2H])C([2H])([2H])[2H])cc1. The lowest BCUT2D eigenvalue weighted by Gasteiger charge is -2.31. The van der Waals surface area contributed by atoms with Crippen molar-refractivity contribution in [1.82, 2.24) is 5.32 Å². The molecule has 1 amide bonds. The molecular formula is C21H35NO4. The largest absolute Gasteiger partial charge is 0.493 e. The molecule has 0 saturated carbocycles. The summed E-state index contributed by atoms with van der Waals surface area (Å²) in [6, 6.07) is 3.44. The number of alkyl carbamates (subject to hydrolysis) is 1. The summed E-state index contributed by atoms with van der Waals surface area (Å²) in [5.74, 6) is -0.439. The van der Waals surface area contributed by atoms with Gasteiger partial charge < -0.3 is 19.9 Å². The molecule has 0 saturated heterocycles. The van der Waals surface area contributed by atoms with Crippen LogP contribution < -0.4 is 10.1 Å². The summed E-state index contributed by atoms with van der Waals surface area (Å²) in [6.07, 6.45) is -0.0258. The minimum absolute atomic E-state index is 0.0288. The summed E-state index contributed by atoms with van der Waals surface area (Å²) in [5, 5.41) is 13.3. The van der Waals surface area contributed by atoms with Crippen LogP contribution in [-0.4, -0.2) is 29.0 Å². The number of aliphatic hydroxyl groups is 1. The molecule has 0 aliphatic carbocycles. The molecule has 0 bridgehead atoms. The predicted molar refractivity (Wildman–Crippen MR) is 104 cm³/mol. The first-order chi connectivity index (χ1) is 15.6. The first-order valence-electron chi connectivity index (χ1n) is 13.1. The van der Waals surface area contributed by atoms with E-state index in [-0.39, 0.29) is 17.9 Å². The first kappa shape index (κ1) is 11.9. The van der Waals surface area contributed by atoms with Gasteiger partial charge in [0.2, 0.25) is 0 Å². The molecule has 26 heavy (non-hydrogen) atoms. The van der Waals surface area contributed by atoms with Gasteiger partial charge >= 0.3 is 6.09 Å². The van der Waals surface area contributed by atoms with Gasteiger partial charge in [0.15, 0.2) is 0 Å². The Morgan fingerprint density at radius 1 is 1.27 bits per heavy atom. The summed E-state index contributed by atoms with van der Waals surface area (Å²) in [6.45, 7) is -2.55. The van der Waals surface area contributed by atoms with Crippen LogP contribution in [0.1, 0.15) is 85.0 Å². The number of hydrogen-bond donors (Lipinski definition) is 2. The number of rotatable bonds is 8. The van der Waals surface area contributed by atoms with Gasteiger partial charge in [0.25, 0.3) is 0 Å². The Kier molecular flexibility index (Phi) is 4.22. The van der Waals surface area contributed by atoms with E-state index in [9.17, 15) is 9.90 Å². The highest BCUT2D eigenvalue weighted by molar-refractivity contribution is 5.68. The number of carbonyl (C=O) groups is 1. The van der Waals surface area contributed by atoms with Gasteiger partial charge in [0, 0.05) is 12.3 Å². The van der Waals surface area contributed by atoms with Crippen molar-refractivity contribution in [3.8, 4) is 5.75 Å². The minimum Gasteiger partial charge on any atom is -0.493 e. The van der Waals surface area contributed by atoms with Crippen molar-refractivity contribution in [2.75, 3.05) is 6.61 Å². The van der Waals surface area contributed by atoms with E-state index in [4.69, 9.17) is 21.8 Å². The van der Waals surface area contributed by atoms with E-state index >= 15 is 0 Å². The lowest BCUT2D eigenvalue weighted by molar-refractivity contribution is 0.0163. The highest BCUT2D eigenvalue weighted by Crippen LogP contribution is 2.28. The van der Waals surface area contributed by atoms with E-state index in [2.05, 4.69) is 5.32 Å². The normalized spacial score (nSPS) is 21.0. The monoisotopic (exact) mass is 374 g/mol. The highest BCUT2D eigenvalue weighted by Gasteiger charge is 2.31. The van der Waals surface area contributed by atoms with Crippen LogP contribution in [0, 0.1) is 5.92 Å². The van der Waals surface area contributed by atoms with E-state index in [1.807, 2.05) is 6.92 Å². The van der Waals surface area contributed by atoms with E-state index in [0.717, 1.165) is 0 Å². The quantitative estimate of drug-likeness (QED) is 0.683. The van der Waals surface area contributed by atoms with Gasteiger partial charge in [-0.25, -0.2) is 4.79 Å². The van der Waals surface area contributed by atoms with Crippen LogP contribution >= 0.6 is 0 Å². The van der Waals surface area contributed by atoms with Gasteiger partial charge in [-0.1, -0.05) is 32.3 Å². The lowest BCUT2D eigenvalue weighted by atomic mass is 9.92. The molecule has 1 aromatic rings. The summed E-state index contributed by atoms with van der Waals surface area (Å²) in [7, 11) is 0. The number of benzene rings is 1. The zero-order chi connectivity index (χ0) is 27.5. The van der Waals surface area contributed by atoms with Gasteiger partial charge in [-0.05, 0) is 64.5 Å². The Bertz CT molecular complexity index is 814. The van der Waals surface area contributed by atoms with Gasteiger partial charge in [0.1, 0.15) is 11.4 Å². The van der Waals surface area contributed by atoms with E-state index in [1.165, 1.54) is 24.3 Å². The molecule has 5 nitrogen and oxygen atoms in total. The smallest absolute Gasteiger partial charge is 0.408 e. The molecular weight excluding hydrogens is 330 g/mol. The fourth-order valence-corrected chi connectivity index (χ4v) is 2.24. The maximum Gasteiger partial charge on any atom is 0.408 e. The second-order valence-electron chi connectivity index (χ2n) is 7.21. The third kappa shape index (κ3) is 8.09. The second kappa shape index (κ2) is 9.26. The lowest BCUT2D eigenvalue weighted by Crippen LogP contribution is -2.44. The van der Waals surface area contributed by atoms with Crippen molar-refractivity contribution in [2.45, 2.75) is 78.3 Å². The molecule has 0 fully saturated rings. The summed E-state index contributed by atoms with van der Waals surface area (Å²) < 4.78 is 80.1. The Morgan fingerprint density at radius 3 is 2.42 bits per heavy atom. The highest BCUT2D eigenvalue weighted by atomic mass is 16.6. The fourth-order valence-electron chi connectivity index (χ4n) is 2.24. The first-order valence-corrected chi connectivity index (χ1v) is 8.58. The van der Waals surface area contributed by atoms with Crippen LogP contribution in [0.3, 0.4) is 0 Å². The van der Waals surface area contributed by atoms with Crippen LogP contribution in [0.4, 0.5) is 4.79 Å². The van der Waals surface area contributed by atoms with Crippen molar-refractivity contribution in [3.63, 3.8) is 0 Å². The Balaban J connectivity index is 3.35. The van der Waals surface area contributed by atoms with E-state index in [0.29, 0.717) is 12.8 Å². The van der Waals surface area contributed by atoms with Gasteiger partial charge in [0.05, 0.1) is 18.2 Å². The molecule has 0 unspecified atom stereocenters. The summed E-state index contributed by atoms with van der Waals surface area (Å²) in [4.78, 5) is 12.5. The van der Waals surface area contributed by atoms with Crippen molar-refractivity contribution in [3.05, 3.63) is 29.8 Å². The van der Waals surface area contributed by atoms with Crippen LogP contribution in [-0.2, 0) is 4.74 Å². The topological polar surface area (TPSA) is 67.8 Å². The number of hydrogen-bond acceptors (Lipinski definition) is 4. The zero-order valence-electron chi connectivity index (χ0n) is 24.8. The Hall–Kier alpha value is -1.75. The molecule has 1 aromatic carbocycles. The van der Waals surface area contributed by atoms with Gasteiger partial charge in [-0.2, -0.15) is 0 Å². The van der Waals surface area contributed by atoms with E-state index < -0.39 is 49.8 Å². The number of ether oxygens (including phenoxy) is 2. The average Bonchev–Trinajstić information content (AvgIpc) is 2.65. The number of carbonyl (C=O) groups excluding carboxylic acids is 1. The van der Waals surface area contributed by atoms with Gasteiger partial charge in [-0.15, -0.1) is 0 Å². The molecule has 0 aliphatic rings. The van der Waals surface area contributed by atoms with Gasteiger partial charge in [-0.3, -0.25) is 0 Å². The molecule has 0 radical (unpaired) electrons. The molecule has 0 heterocycles. The third-order valence-electron chi connectivity index (χ3n) is 3.38. The average molecular weight is 375 g/mol. The van der Waals surface area contributed by atoms with Crippen LogP contribution in [0.5, 0.6) is 5.75 Å². The molecule has 0 aromatic heterocycles. The van der Waals surface area contributed by atoms with Crippen LogP contribution in [0.2, 0.25) is 0 Å². The minimum atomic E-state index is -3.42. The molecule has 0 spiro atoms. The molecule has 148 valence electrons. The summed E-state index contributed by atoms with van der Waals surface area (Å²) in [5.41, 5.74) is -4.35. The van der Waals surface area contributed by atoms with Crippen LogP contribution in [0.15, 0.2) is 24.3 Å². The zero-order valence-corrected chi connectivity index (χ0v) is 15.8. The predicted octanol–water partition coefficient (Wildman–Crippen LogP) is 4.84. The van der Waals surface area contributed by atoms with Crippen molar-refractivity contribution in [2.24, 2.45) is 5.92 Å². The van der Waals surface area contributed by atoms with Crippen LogP contribution in [0.25, 0.3) is 0 Å². The summed E-state index contributed by atoms with van der Waals surface area (Å²) >= 11 is 0. The number of amides is 1. The Morgan fingerprint density at radius 2 is 1.92 bits per heavy atom. The standard InChI is InChI=1S/C21H35NO4/c1-8-9-15(2)14-25-17-12-10-16(11-13-17)18(21(6,7)24)22-19(23)26-20(3,4)5/h10-13,15,18,24H,8-9,14H2,1-7H3,(H,22,23)/t15-,18-/m1/s1/i2D3,6D3,7D3. The number of nitrogens with one attached hydrogen (secondary N) is 1. The van der Waals surface area contributed by atoms with Crippen molar-refractivity contribution in [1.29, 1.82) is 0 Å².